The number of rotatable bonds is 4. The number of hydrogen-bond donors (Lipinski definition) is 0. The Morgan fingerprint density at radius 2 is 2.36 bits per heavy atom. The van der Waals surface area contributed by atoms with Crippen LogP contribution in [0.5, 0.6) is 0 Å². The van der Waals surface area contributed by atoms with E-state index in [1.807, 2.05) is 0 Å². The third-order valence-corrected chi connectivity index (χ3v) is 3.14. The van der Waals surface area contributed by atoms with Gasteiger partial charge in [-0.2, -0.15) is 5.26 Å². The quantitative estimate of drug-likeness (QED) is 0.673. The molecular weight excluding hydrogens is 196 g/mol. The zero-order valence-corrected chi connectivity index (χ0v) is 9.63. The molecule has 0 radical (unpaired) electrons. The number of alkyl halides is 1. The van der Waals surface area contributed by atoms with Crippen LogP contribution in [0.25, 0.3) is 0 Å². The van der Waals surface area contributed by atoms with Crippen molar-refractivity contribution in [2.45, 2.75) is 50.4 Å². The fourth-order valence-electron chi connectivity index (χ4n) is 2.21. The van der Waals surface area contributed by atoms with E-state index in [4.69, 9.17) is 16.9 Å². The van der Waals surface area contributed by atoms with E-state index < -0.39 is 0 Å². The maximum atomic E-state index is 8.67. The predicted octanol–water partition coefficient (Wildman–Crippen LogP) is 2.77. The first-order chi connectivity index (χ1) is 6.77. The molecule has 2 atom stereocenters. The first-order valence-corrected chi connectivity index (χ1v) is 5.99. The highest BCUT2D eigenvalue weighted by atomic mass is 35.5. The molecule has 1 fully saturated rings. The Bertz CT molecular complexity index is 198. The van der Waals surface area contributed by atoms with Crippen LogP contribution in [0.2, 0.25) is 0 Å². The molecule has 1 aliphatic rings. The van der Waals surface area contributed by atoms with E-state index >= 15 is 0 Å². The van der Waals surface area contributed by atoms with Gasteiger partial charge in [-0.25, -0.2) is 0 Å². The maximum Gasteiger partial charge on any atom is 0.133 e. The lowest BCUT2D eigenvalue weighted by atomic mass is 9.98. The molecule has 0 aliphatic carbocycles. The van der Waals surface area contributed by atoms with Gasteiger partial charge in [-0.15, -0.1) is 11.6 Å². The van der Waals surface area contributed by atoms with Crippen LogP contribution in [0.3, 0.4) is 0 Å². The van der Waals surface area contributed by atoms with E-state index in [0.29, 0.717) is 6.04 Å². The van der Waals surface area contributed by atoms with E-state index in [1.165, 1.54) is 32.1 Å². The minimum absolute atomic E-state index is 0.340. The van der Waals surface area contributed by atoms with E-state index in [2.05, 4.69) is 17.9 Å². The molecule has 1 saturated heterocycles. The average molecular weight is 215 g/mol. The fraction of sp³-hybridized carbons (Fsp3) is 0.909. The van der Waals surface area contributed by atoms with Crippen molar-refractivity contribution in [1.29, 1.82) is 5.26 Å². The normalized spacial score (nSPS) is 25.6. The monoisotopic (exact) mass is 214 g/mol. The predicted molar refractivity (Wildman–Crippen MR) is 59.4 cm³/mol. The molecule has 80 valence electrons. The van der Waals surface area contributed by atoms with Crippen molar-refractivity contribution in [3.05, 3.63) is 0 Å². The van der Waals surface area contributed by atoms with Crippen LogP contribution < -0.4 is 0 Å². The summed E-state index contributed by atoms with van der Waals surface area (Å²) in [5.74, 6) is 0. The Morgan fingerprint density at radius 1 is 1.57 bits per heavy atom. The van der Waals surface area contributed by atoms with E-state index in [-0.39, 0.29) is 5.38 Å². The van der Waals surface area contributed by atoms with Gasteiger partial charge in [0.15, 0.2) is 0 Å². The van der Waals surface area contributed by atoms with Crippen molar-refractivity contribution in [2.24, 2.45) is 0 Å². The largest absolute Gasteiger partial charge is 0.298 e. The zero-order chi connectivity index (χ0) is 10.4. The van der Waals surface area contributed by atoms with Crippen molar-refractivity contribution in [3.8, 4) is 6.07 Å². The minimum Gasteiger partial charge on any atom is -0.298 e. The standard InChI is InChI=1S/C11H19ClN2/c1-2-5-11-6-3-4-7-14(11)9-10(12)8-13/h10-11H,2-7,9H2,1H3. The maximum absolute atomic E-state index is 8.67. The summed E-state index contributed by atoms with van der Waals surface area (Å²) < 4.78 is 0. The van der Waals surface area contributed by atoms with Crippen molar-refractivity contribution in [1.82, 2.24) is 4.90 Å². The average Bonchev–Trinajstić information content (AvgIpc) is 2.21. The lowest BCUT2D eigenvalue weighted by Gasteiger charge is -2.35. The highest BCUT2D eigenvalue weighted by Crippen LogP contribution is 2.21. The van der Waals surface area contributed by atoms with Crippen molar-refractivity contribution >= 4 is 11.6 Å². The highest BCUT2D eigenvalue weighted by molar-refractivity contribution is 6.22. The van der Waals surface area contributed by atoms with Gasteiger partial charge in [0.05, 0.1) is 6.07 Å². The second-order valence-corrected chi connectivity index (χ2v) is 4.56. The van der Waals surface area contributed by atoms with Crippen LogP contribution in [0.15, 0.2) is 0 Å². The van der Waals surface area contributed by atoms with E-state index in [9.17, 15) is 0 Å². The molecule has 3 heteroatoms. The highest BCUT2D eigenvalue weighted by Gasteiger charge is 2.23. The fourth-order valence-corrected chi connectivity index (χ4v) is 2.38. The van der Waals surface area contributed by atoms with Crippen molar-refractivity contribution in [3.63, 3.8) is 0 Å². The summed E-state index contributed by atoms with van der Waals surface area (Å²) in [5, 5.41) is 8.33. The van der Waals surface area contributed by atoms with Gasteiger partial charge in [0.1, 0.15) is 5.38 Å². The molecule has 0 aromatic heterocycles. The van der Waals surface area contributed by atoms with Gasteiger partial charge in [0.2, 0.25) is 0 Å². The summed E-state index contributed by atoms with van der Waals surface area (Å²) in [6.07, 6.45) is 6.34. The van der Waals surface area contributed by atoms with Crippen molar-refractivity contribution in [2.75, 3.05) is 13.1 Å². The molecular formula is C11H19ClN2. The topological polar surface area (TPSA) is 27.0 Å². The number of piperidine rings is 1. The molecule has 0 amide bonds. The van der Waals surface area contributed by atoms with E-state index in [1.54, 1.807) is 0 Å². The van der Waals surface area contributed by atoms with Crippen LogP contribution in [0.4, 0.5) is 0 Å². The van der Waals surface area contributed by atoms with Gasteiger partial charge < -0.3 is 0 Å². The summed E-state index contributed by atoms with van der Waals surface area (Å²) in [7, 11) is 0. The second kappa shape index (κ2) is 6.27. The number of nitrogens with zero attached hydrogens (tertiary/aromatic N) is 2. The van der Waals surface area contributed by atoms with Gasteiger partial charge in [-0.1, -0.05) is 19.8 Å². The van der Waals surface area contributed by atoms with Gasteiger partial charge in [0, 0.05) is 12.6 Å². The summed E-state index contributed by atoms with van der Waals surface area (Å²) in [6, 6.07) is 2.77. The third-order valence-electron chi connectivity index (χ3n) is 2.91. The van der Waals surface area contributed by atoms with Gasteiger partial charge >= 0.3 is 0 Å². The first kappa shape index (κ1) is 11.8. The van der Waals surface area contributed by atoms with E-state index in [0.717, 1.165) is 13.1 Å². The second-order valence-electron chi connectivity index (χ2n) is 4.03. The van der Waals surface area contributed by atoms with Crippen LogP contribution in [-0.4, -0.2) is 29.4 Å². The molecule has 1 rings (SSSR count). The molecule has 0 aromatic rings. The number of halogens is 1. The summed E-state index contributed by atoms with van der Waals surface area (Å²) in [4.78, 5) is 2.40. The Hall–Kier alpha value is -0.260. The third kappa shape index (κ3) is 3.48. The number of nitriles is 1. The molecule has 1 heterocycles. The Labute approximate surface area is 91.8 Å². The molecule has 2 unspecified atom stereocenters. The molecule has 0 aromatic carbocycles. The Balaban J connectivity index is 2.42. The molecule has 0 bridgehead atoms. The van der Waals surface area contributed by atoms with Crippen LogP contribution >= 0.6 is 11.6 Å². The van der Waals surface area contributed by atoms with Gasteiger partial charge in [-0.3, -0.25) is 4.90 Å². The Kier molecular flexibility index (Phi) is 5.29. The molecule has 0 spiro atoms. The lowest BCUT2D eigenvalue weighted by molar-refractivity contribution is 0.143. The van der Waals surface area contributed by atoms with Crippen LogP contribution in [0.1, 0.15) is 39.0 Å². The number of likely N-dealkylation sites (tertiary alicyclic amines) is 1. The SMILES string of the molecule is CCCC1CCCCN1CC(Cl)C#N. The summed E-state index contributed by atoms with van der Waals surface area (Å²) in [6.45, 7) is 4.08. The summed E-state index contributed by atoms with van der Waals surface area (Å²) >= 11 is 5.86. The minimum atomic E-state index is -0.340. The smallest absolute Gasteiger partial charge is 0.133 e. The number of hydrogen-bond acceptors (Lipinski definition) is 2. The van der Waals surface area contributed by atoms with Gasteiger partial charge in [-0.05, 0) is 25.8 Å². The molecule has 2 nitrogen and oxygen atoms in total. The molecule has 0 saturated carbocycles. The summed E-state index contributed by atoms with van der Waals surface area (Å²) in [5.41, 5.74) is 0. The van der Waals surface area contributed by atoms with Gasteiger partial charge in [0.25, 0.3) is 0 Å². The molecule has 14 heavy (non-hydrogen) atoms. The first-order valence-electron chi connectivity index (χ1n) is 5.55. The molecule has 0 N–H and O–H groups in total. The van der Waals surface area contributed by atoms with Crippen LogP contribution in [0, 0.1) is 11.3 Å². The Morgan fingerprint density at radius 3 is 3.00 bits per heavy atom. The lowest BCUT2D eigenvalue weighted by Crippen LogP contribution is -2.42. The van der Waals surface area contributed by atoms with Crippen molar-refractivity contribution < 1.29 is 0 Å². The zero-order valence-electron chi connectivity index (χ0n) is 8.88. The molecule has 1 aliphatic heterocycles. The van der Waals surface area contributed by atoms with Crippen LogP contribution in [-0.2, 0) is 0 Å².